The second-order valence-corrected chi connectivity index (χ2v) is 3.83. The van der Waals surface area contributed by atoms with Gasteiger partial charge in [-0.1, -0.05) is 30.3 Å². The molecule has 0 spiro atoms. The van der Waals surface area contributed by atoms with Crippen molar-refractivity contribution < 1.29 is 9.58 Å². The molecule has 0 radical (unpaired) electrons. The first kappa shape index (κ1) is 10.2. The van der Waals surface area contributed by atoms with Gasteiger partial charge >= 0.3 is 0 Å². The summed E-state index contributed by atoms with van der Waals surface area (Å²) >= 11 is 0. The normalized spacial score (nSPS) is 15.5. The Bertz CT molecular complexity index is 343. The average molecular weight is 204 g/mol. The molecule has 1 aromatic carbocycles. The van der Waals surface area contributed by atoms with Crippen LogP contribution < -0.4 is 0 Å². The molecular formula is C13H18NO+. The fourth-order valence-electron chi connectivity index (χ4n) is 1.99. The number of hydroxylamine groups is 1. The number of nitrogens with zero attached hydrogens (tertiary/aromatic N) is 1. The Labute approximate surface area is 91.2 Å². The Kier molecular flexibility index (Phi) is 3.38. The van der Waals surface area contributed by atoms with Gasteiger partial charge in [0.05, 0.1) is 6.42 Å². The average Bonchev–Trinajstić information content (AvgIpc) is 2.75. The second-order valence-electron chi connectivity index (χ2n) is 3.83. The highest BCUT2D eigenvalue weighted by molar-refractivity contribution is 5.80. The third-order valence-electron chi connectivity index (χ3n) is 2.82. The zero-order valence-corrected chi connectivity index (χ0v) is 9.28. The first-order chi connectivity index (χ1) is 7.40. The summed E-state index contributed by atoms with van der Waals surface area (Å²) in [5.41, 5.74) is 2.86. The van der Waals surface area contributed by atoms with Crippen LogP contribution in [-0.2, 0) is 11.3 Å². The van der Waals surface area contributed by atoms with E-state index in [-0.39, 0.29) is 0 Å². The molecule has 2 nitrogen and oxygen atoms in total. The van der Waals surface area contributed by atoms with Crippen molar-refractivity contribution >= 4 is 5.71 Å². The fraction of sp³-hybridized carbons (Fsp3) is 0.462. The maximum atomic E-state index is 5.50. The van der Waals surface area contributed by atoms with Crippen LogP contribution >= 0.6 is 0 Å². The van der Waals surface area contributed by atoms with E-state index in [0.29, 0.717) is 0 Å². The van der Waals surface area contributed by atoms with Gasteiger partial charge in [-0.15, -0.1) is 0 Å². The Balaban J connectivity index is 1.93. The summed E-state index contributed by atoms with van der Waals surface area (Å²) in [6.07, 6.45) is 3.34. The molecule has 0 saturated heterocycles. The van der Waals surface area contributed by atoms with Gasteiger partial charge in [-0.25, -0.2) is 0 Å². The summed E-state index contributed by atoms with van der Waals surface area (Å²) in [6.45, 7) is 3.95. The second kappa shape index (κ2) is 4.96. The number of aryl methyl sites for hydroxylation is 1. The molecule has 0 fully saturated rings. The van der Waals surface area contributed by atoms with Crippen LogP contribution in [0.3, 0.4) is 0 Å². The van der Waals surface area contributed by atoms with Crippen LogP contribution in [0, 0.1) is 0 Å². The van der Waals surface area contributed by atoms with Crippen molar-refractivity contribution in [2.24, 2.45) is 0 Å². The SMILES string of the molecule is CC[N+]1=C(CCc2ccccc2)CCO1. The lowest BCUT2D eigenvalue weighted by molar-refractivity contribution is -0.776. The number of hydrogen-bond acceptors (Lipinski definition) is 1. The molecule has 1 heterocycles. The predicted octanol–water partition coefficient (Wildman–Crippen LogP) is 2.43. The first-order valence-corrected chi connectivity index (χ1v) is 5.69. The van der Waals surface area contributed by atoms with Crippen molar-refractivity contribution in [1.82, 2.24) is 0 Å². The van der Waals surface area contributed by atoms with Crippen LogP contribution in [0.2, 0.25) is 0 Å². The van der Waals surface area contributed by atoms with Gasteiger partial charge in [-0.05, 0) is 23.6 Å². The quantitative estimate of drug-likeness (QED) is 0.686. The Morgan fingerprint density at radius 1 is 1.20 bits per heavy atom. The zero-order chi connectivity index (χ0) is 10.5. The fourth-order valence-corrected chi connectivity index (χ4v) is 1.99. The molecule has 1 aromatic rings. The van der Waals surface area contributed by atoms with Crippen molar-refractivity contribution in [3.8, 4) is 0 Å². The maximum Gasteiger partial charge on any atom is 0.208 e. The minimum absolute atomic E-state index is 0.859. The monoisotopic (exact) mass is 204 g/mol. The summed E-state index contributed by atoms with van der Waals surface area (Å²) in [5.74, 6) is 0. The van der Waals surface area contributed by atoms with E-state index in [0.717, 1.165) is 32.4 Å². The molecule has 0 unspecified atom stereocenters. The van der Waals surface area contributed by atoms with Crippen LogP contribution in [0.5, 0.6) is 0 Å². The molecule has 0 aromatic heterocycles. The molecule has 0 amide bonds. The van der Waals surface area contributed by atoms with Crippen molar-refractivity contribution in [3.05, 3.63) is 35.9 Å². The van der Waals surface area contributed by atoms with Gasteiger partial charge in [0.2, 0.25) is 5.71 Å². The van der Waals surface area contributed by atoms with E-state index in [1.807, 2.05) is 4.74 Å². The van der Waals surface area contributed by atoms with Crippen LogP contribution in [0.15, 0.2) is 30.3 Å². The minimum Gasteiger partial charge on any atom is -0.277 e. The molecule has 0 bridgehead atoms. The van der Waals surface area contributed by atoms with E-state index >= 15 is 0 Å². The Hall–Kier alpha value is -1.31. The zero-order valence-electron chi connectivity index (χ0n) is 9.28. The van der Waals surface area contributed by atoms with Gasteiger partial charge in [0.15, 0.2) is 13.2 Å². The third kappa shape index (κ3) is 2.58. The van der Waals surface area contributed by atoms with Crippen LogP contribution in [0.1, 0.15) is 25.3 Å². The number of benzene rings is 1. The number of hydrogen-bond donors (Lipinski definition) is 0. The molecule has 2 heteroatoms. The summed E-state index contributed by atoms with van der Waals surface area (Å²) in [5, 5.41) is 0. The molecule has 80 valence electrons. The molecule has 0 N–H and O–H groups in total. The van der Waals surface area contributed by atoms with Gasteiger partial charge in [-0.3, -0.25) is 4.84 Å². The van der Waals surface area contributed by atoms with Gasteiger partial charge < -0.3 is 0 Å². The topological polar surface area (TPSA) is 12.2 Å². The smallest absolute Gasteiger partial charge is 0.208 e. The van der Waals surface area contributed by atoms with Crippen molar-refractivity contribution in [2.45, 2.75) is 26.2 Å². The van der Waals surface area contributed by atoms with Gasteiger partial charge in [0, 0.05) is 6.42 Å². The first-order valence-electron chi connectivity index (χ1n) is 5.69. The molecular weight excluding hydrogens is 186 g/mol. The van der Waals surface area contributed by atoms with Crippen molar-refractivity contribution in [1.29, 1.82) is 0 Å². The van der Waals surface area contributed by atoms with E-state index in [1.54, 1.807) is 0 Å². The number of rotatable bonds is 4. The van der Waals surface area contributed by atoms with Crippen LogP contribution in [0.4, 0.5) is 0 Å². The van der Waals surface area contributed by atoms with E-state index in [4.69, 9.17) is 4.84 Å². The van der Waals surface area contributed by atoms with Gasteiger partial charge in [0.1, 0.15) is 0 Å². The third-order valence-corrected chi connectivity index (χ3v) is 2.82. The van der Waals surface area contributed by atoms with E-state index in [1.165, 1.54) is 11.3 Å². The summed E-state index contributed by atoms with van der Waals surface area (Å²) in [4.78, 5) is 5.50. The summed E-state index contributed by atoms with van der Waals surface area (Å²) < 4.78 is 2.04. The lowest BCUT2D eigenvalue weighted by Crippen LogP contribution is -2.13. The van der Waals surface area contributed by atoms with E-state index in [9.17, 15) is 0 Å². The van der Waals surface area contributed by atoms with Crippen molar-refractivity contribution in [3.63, 3.8) is 0 Å². The highest BCUT2D eigenvalue weighted by atomic mass is 16.7. The van der Waals surface area contributed by atoms with Crippen LogP contribution in [-0.4, -0.2) is 23.6 Å². The molecule has 0 aliphatic carbocycles. The highest BCUT2D eigenvalue weighted by Crippen LogP contribution is 2.09. The van der Waals surface area contributed by atoms with Gasteiger partial charge in [0.25, 0.3) is 0 Å². The molecule has 1 aliphatic heterocycles. The molecule has 2 rings (SSSR count). The lowest BCUT2D eigenvalue weighted by Gasteiger charge is -1.98. The standard InChI is InChI=1S/C13H18NO/c1-2-14-13(10-11-15-14)9-8-12-6-4-3-5-7-12/h3-7H,2,8-11H2,1H3/q+1. The predicted molar refractivity (Wildman–Crippen MR) is 61.1 cm³/mol. The van der Waals surface area contributed by atoms with E-state index in [2.05, 4.69) is 37.3 Å². The summed E-state index contributed by atoms with van der Waals surface area (Å²) in [6, 6.07) is 10.6. The highest BCUT2D eigenvalue weighted by Gasteiger charge is 2.22. The molecule has 0 atom stereocenters. The molecule has 0 saturated carbocycles. The maximum absolute atomic E-state index is 5.50. The van der Waals surface area contributed by atoms with E-state index < -0.39 is 0 Å². The Morgan fingerprint density at radius 2 is 2.00 bits per heavy atom. The summed E-state index contributed by atoms with van der Waals surface area (Å²) in [7, 11) is 0. The molecule has 1 aliphatic rings. The largest absolute Gasteiger partial charge is 0.277 e. The minimum atomic E-state index is 0.859. The Morgan fingerprint density at radius 3 is 2.73 bits per heavy atom. The van der Waals surface area contributed by atoms with Gasteiger partial charge in [-0.2, -0.15) is 0 Å². The van der Waals surface area contributed by atoms with Crippen molar-refractivity contribution in [2.75, 3.05) is 13.2 Å². The lowest BCUT2D eigenvalue weighted by atomic mass is 10.1. The van der Waals surface area contributed by atoms with Crippen LogP contribution in [0.25, 0.3) is 0 Å². The molecule has 15 heavy (non-hydrogen) atoms.